The van der Waals surface area contributed by atoms with Gasteiger partial charge in [-0.05, 0) is 79.6 Å². The van der Waals surface area contributed by atoms with Crippen LogP contribution in [0.2, 0.25) is 0 Å². The maximum Gasteiger partial charge on any atom is 0.204 e. The molecule has 256 valence electrons. The summed E-state index contributed by atoms with van der Waals surface area (Å²) in [6, 6.07) is 38.9. The average molecular weight is 722 g/mol. The molecule has 0 aliphatic rings. The Kier molecular flexibility index (Phi) is 8.54. The molecule has 1 heterocycles. The SMILES string of the molecule is [B]c1c([B])c([B])c(-c2c3ccccc3c(-c3c([B])c(O)c(O)c(O)c3O)c3cc(-c4cccc(-n5c(-c6ccccc6)nc6ccccc65)c4)ccc23)c([B])c1[B]. The molecule has 0 fully saturated rings. The van der Waals surface area contributed by atoms with E-state index in [2.05, 4.69) is 10.6 Å². The normalized spacial score (nSPS) is 11.5. The maximum atomic E-state index is 11.5. The van der Waals surface area contributed by atoms with Crippen molar-refractivity contribution in [2.45, 2.75) is 0 Å². The lowest BCUT2D eigenvalue weighted by atomic mass is 9.59. The van der Waals surface area contributed by atoms with Gasteiger partial charge in [0.05, 0.1) is 11.0 Å². The third kappa shape index (κ3) is 5.46. The first-order valence-electron chi connectivity index (χ1n) is 17.9. The second kappa shape index (κ2) is 13.5. The molecular formula is C45H24B6N2O4. The summed E-state index contributed by atoms with van der Waals surface area (Å²) in [5.74, 6) is -2.63. The number of benzene rings is 8. The Balaban J connectivity index is 1.38. The molecule has 12 radical (unpaired) electrons. The number of nitrogens with zero attached hydrogens (tertiary/aromatic N) is 2. The second-order valence-corrected chi connectivity index (χ2v) is 13.9. The Labute approximate surface area is 335 Å². The quantitative estimate of drug-likeness (QED) is 0.0944. The summed E-state index contributed by atoms with van der Waals surface area (Å²) in [5, 5.41) is 45.9. The molecule has 0 bridgehead atoms. The number of imidazole rings is 1. The van der Waals surface area contributed by atoms with Crippen molar-refractivity contribution < 1.29 is 20.4 Å². The number of para-hydroxylation sites is 2. The molecule has 12 heteroatoms. The van der Waals surface area contributed by atoms with Gasteiger partial charge in [-0.3, -0.25) is 4.57 Å². The standard InChI is InChI=1S/C45H24B6N2O4/c46-35-33(36(47)39(50)40(51)38(35)49)31-25-13-4-5-14-26(25)32(34-37(48)42(55)44(57)43(56)41(34)54)28-20-23(17-18-27(28)31)22-11-8-12-24(19-22)53-30-16-7-6-15-29(30)52-45(53)21-9-2-1-3-10-21/h1-20,54-57H. The van der Waals surface area contributed by atoms with Crippen LogP contribution < -0.4 is 32.8 Å². The molecular weight excluding hydrogens is 697 g/mol. The van der Waals surface area contributed by atoms with E-state index in [4.69, 9.17) is 52.1 Å². The van der Waals surface area contributed by atoms with Crippen LogP contribution in [-0.2, 0) is 0 Å². The van der Waals surface area contributed by atoms with Crippen LogP contribution in [0.4, 0.5) is 0 Å². The summed E-state index contributed by atoms with van der Waals surface area (Å²) in [5.41, 5.74) is 6.47. The van der Waals surface area contributed by atoms with Gasteiger partial charge in [0.25, 0.3) is 0 Å². The summed E-state index contributed by atoms with van der Waals surface area (Å²) in [6.07, 6.45) is 0. The van der Waals surface area contributed by atoms with Crippen molar-refractivity contribution in [3.8, 4) is 73.5 Å². The van der Waals surface area contributed by atoms with Crippen molar-refractivity contribution in [1.82, 2.24) is 9.55 Å². The van der Waals surface area contributed by atoms with Gasteiger partial charge < -0.3 is 20.4 Å². The van der Waals surface area contributed by atoms with Gasteiger partial charge in [0.15, 0.2) is 11.5 Å². The molecule has 0 atom stereocenters. The zero-order valence-corrected chi connectivity index (χ0v) is 30.2. The van der Waals surface area contributed by atoms with E-state index < -0.39 is 23.0 Å². The lowest BCUT2D eigenvalue weighted by molar-refractivity contribution is 0.348. The zero-order valence-electron chi connectivity index (χ0n) is 30.2. The van der Waals surface area contributed by atoms with Gasteiger partial charge in [0.2, 0.25) is 11.5 Å². The first kappa shape index (κ1) is 36.0. The van der Waals surface area contributed by atoms with Crippen molar-refractivity contribution >= 4 is 112 Å². The average Bonchev–Trinajstić information content (AvgIpc) is 3.64. The van der Waals surface area contributed by atoms with Crippen molar-refractivity contribution in [2.75, 3.05) is 0 Å². The van der Waals surface area contributed by atoms with Gasteiger partial charge >= 0.3 is 0 Å². The highest BCUT2D eigenvalue weighted by Gasteiger charge is 2.27. The van der Waals surface area contributed by atoms with Crippen LogP contribution in [0.25, 0.3) is 83.0 Å². The van der Waals surface area contributed by atoms with E-state index in [-0.39, 0.29) is 38.3 Å². The van der Waals surface area contributed by atoms with E-state index in [0.29, 0.717) is 38.2 Å². The lowest BCUT2D eigenvalue weighted by Crippen LogP contribution is -2.55. The minimum Gasteiger partial charge on any atom is -0.505 e. The van der Waals surface area contributed by atoms with Gasteiger partial charge in [-0.15, -0.1) is 16.4 Å². The van der Waals surface area contributed by atoms with Crippen LogP contribution in [0.1, 0.15) is 0 Å². The van der Waals surface area contributed by atoms with E-state index in [1.54, 1.807) is 12.1 Å². The van der Waals surface area contributed by atoms with Gasteiger partial charge in [0.1, 0.15) is 52.9 Å². The smallest absolute Gasteiger partial charge is 0.204 e. The number of rotatable bonds is 5. The fraction of sp³-hybridized carbons (Fsp3) is 0. The lowest BCUT2D eigenvalue weighted by Gasteiger charge is -2.26. The number of hydrogen-bond acceptors (Lipinski definition) is 5. The zero-order chi connectivity index (χ0) is 39.9. The van der Waals surface area contributed by atoms with E-state index in [1.165, 1.54) is 0 Å². The van der Waals surface area contributed by atoms with Crippen molar-refractivity contribution in [3.05, 3.63) is 121 Å². The van der Waals surface area contributed by atoms with Crippen LogP contribution in [0.3, 0.4) is 0 Å². The maximum absolute atomic E-state index is 11.5. The molecule has 0 aliphatic heterocycles. The third-order valence-electron chi connectivity index (χ3n) is 10.7. The Morgan fingerprint density at radius 3 is 1.63 bits per heavy atom. The fourth-order valence-electron chi connectivity index (χ4n) is 7.88. The van der Waals surface area contributed by atoms with Crippen LogP contribution in [0, 0.1) is 0 Å². The van der Waals surface area contributed by atoms with Crippen LogP contribution in [0.5, 0.6) is 23.0 Å². The molecule has 0 spiro atoms. The Hall–Kier alpha value is -6.66. The third-order valence-corrected chi connectivity index (χ3v) is 10.7. The molecule has 9 aromatic rings. The van der Waals surface area contributed by atoms with Crippen molar-refractivity contribution in [2.24, 2.45) is 0 Å². The van der Waals surface area contributed by atoms with E-state index in [0.717, 1.165) is 39.2 Å². The molecule has 6 nitrogen and oxygen atoms in total. The predicted octanol–water partition coefficient (Wildman–Crippen LogP) is 3.59. The molecule has 0 saturated carbocycles. The van der Waals surface area contributed by atoms with Crippen LogP contribution >= 0.6 is 0 Å². The van der Waals surface area contributed by atoms with E-state index in [1.807, 2.05) is 103 Å². The molecule has 0 amide bonds. The van der Waals surface area contributed by atoms with Gasteiger partial charge in [-0.1, -0.05) is 102 Å². The summed E-state index contributed by atoms with van der Waals surface area (Å²) in [7, 11) is 38.9. The molecule has 0 aliphatic carbocycles. The van der Waals surface area contributed by atoms with E-state index in [9.17, 15) is 20.4 Å². The van der Waals surface area contributed by atoms with Crippen molar-refractivity contribution in [1.29, 1.82) is 0 Å². The van der Waals surface area contributed by atoms with Gasteiger partial charge in [-0.2, -0.15) is 0 Å². The highest BCUT2D eigenvalue weighted by Crippen LogP contribution is 2.51. The number of phenolic OH excluding ortho intramolecular Hbond substituents is 4. The molecule has 1 aromatic heterocycles. The monoisotopic (exact) mass is 722 g/mol. The van der Waals surface area contributed by atoms with Crippen LogP contribution in [0.15, 0.2) is 121 Å². The number of aromatic nitrogens is 2. The minimum atomic E-state index is -0.952. The first-order valence-corrected chi connectivity index (χ1v) is 17.9. The molecule has 57 heavy (non-hydrogen) atoms. The topological polar surface area (TPSA) is 98.7 Å². The summed E-state index contributed by atoms with van der Waals surface area (Å²) >= 11 is 0. The number of fused-ring (bicyclic) bond motifs is 3. The predicted molar refractivity (Wildman–Crippen MR) is 237 cm³/mol. The van der Waals surface area contributed by atoms with E-state index >= 15 is 0 Å². The second-order valence-electron chi connectivity index (χ2n) is 13.9. The molecule has 4 N–H and O–H groups in total. The molecule has 8 aromatic carbocycles. The van der Waals surface area contributed by atoms with Gasteiger partial charge in [0, 0.05) is 22.4 Å². The Morgan fingerprint density at radius 1 is 0.386 bits per heavy atom. The minimum absolute atomic E-state index is 0.0648. The first-order chi connectivity index (χ1) is 27.5. The highest BCUT2D eigenvalue weighted by atomic mass is 16.3. The largest absolute Gasteiger partial charge is 0.505 e. The van der Waals surface area contributed by atoms with Crippen LogP contribution in [-0.4, -0.2) is 77.1 Å². The number of aromatic hydroxyl groups is 4. The molecule has 0 saturated heterocycles. The van der Waals surface area contributed by atoms with Crippen molar-refractivity contribution in [3.63, 3.8) is 0 Å². The summed E-state index contributed by atoms with van der Waals surface area (Å²) in [4.78, 5) is 5.01. The summed E-state index contributed by atoms with van der Waals surface area (Å²) < 4.78 is 2.12. The summed E-state index contributed by atoms with van der Waals surface area (Å²) in [6.45, 7) is 0. The Morgan fingerprint density at radius 2 is 0.930 bits per heavy atom. The molecule has 0 unspecified atom stereocenters. The Bertz CT molecular complexity index is 3090. The number of hydrogen-bond donors (Lipinski definition) is 4. The molecule has 9 rings (SSSR count). The van der Waals surface area contributed by atoms with Gasteiger partial charge in [-0.25, -0.2) is 4.98 Å². The highest BCUT2D eigenvalue weighted by molar-refractivity contribution is 6.69. The number of phenols is 4. The fourth-order valence-corrected chi connectivity index (χ4v) is 7.88.